The topological polar surface area (TPSA) is 104 Å². The Bertz CT molecular complexity index is 964. The molecular formula is C17H22N2O5S3. The third-order valence-electron chi connectivity index (χ3n) is 4.47. The van der Waals surface area contributed by atoms with Gasteiger partial charge >= 0.3 is 0 Å². The number of anilines is 1. The van der Waals surface area contributed by atoms with Gasteiger partial charge in [-0.1, -0.05) is 12.1 Å². The summed E-state index contributed by atoms with van der Waals surface area (Å²) in [4.78, 5) is 0.166. The van der Waals surface area contributed by atoms with Gasteiger partial charge in [0.2, 0.25) is 0 Å². The van der Waals surface area contributed by atoms with Crippen molar-refractivity contribution >= 4 is 36.9 Å². The number of nitrogens with one attached hydrogen (secondary N) is 1. The molecule has 0 amide bonds. The van der Waals surface area contributed by atoms with Gasteiger partial charge in [-0.2, -0.15) is 4.31 Å². The van der Waals surface area contributed by atoms with Gasteiger partial charge in [0.15, 0.2) is 9.84 Å². The molecule has 148 valence electrons. The fourth-order valence-electron chi connectivity index (χ4n) is 3.03. The molecule has 0 bridgehead atoms. The highest BCUT2D eigenvalue weighted by atomic mass is 32.2. The predicted octanol–water partition coefficient (Wildman–Crippen LogP) is 1.78. The van der Waals surface area contributed by atoms with Crippen molar-refractivity contribution in [1.29, 1.82) is 0 Å². The number of nitrogens with zero attached hydrogens (tertiary/aromatic N) is 1. The molecule has 0 spiro atoms. The van der Waals surface area contributed by atoms with Crippen molar-refractivity contribution in [3.63, 3.8) is 0 Å². The molecule has 10 heteroatoms. The summed E-state index contributed by atoms with van der Waals surface area (Å²) in [5.41, 5.74) is 0.675. The van der Waals surface area contributed by atoms with Gasteiger partial charge in [0, 0.05) is 24.8 Å². The van der Waals surface area contributed by atoms with E-state index in [4.69, 9.17) is 5.11 Å². The molecule has 7 nitrogen and oxygen atoms in total. The van der Waals surface area contributed by atoms with Crippen LogP contribution in [0.4, 0.5) is 5.69 Å². The Morgan fingerprint density at radius 2 is 1.85 bits per heavy atom. The van der Waals surface area contributed by atoms with Gasteiger partial charge in [0.1, 0.15) is 4.21 Å². The van der Waals surface area contributed by atoms with E-state index >= 15 is 0 Å². The molecule has 27 heavy (non-hydrogen) atoms. The average molecular weight is 431 g/mol. The molecule has 0 unspecified atom stereocenters. The van der Waals surface area contributed by atoms with Gasteiger partial charge in [0.05, 0.1) is 17.3 Å². The summed E-state index contributed by atoms with van der Waals surface area (Å²) in [6.07, 6.45) is 1.27. The summed E-state index contributed by atoms with van der Waals surface area (Å²) < 4.78 is 51.1. The first-order valence-electron chi connectivity index (χ1n) is 8.57. The predicted molar refractivity (Wildman–Crippen MR) is 105 cm³/mol. The summed E-state index contributed by atoms with van der Waals surface area (Å²) in [7, 11) is -6.93. The quantitative estimate of drug-likeness (QED) is 0.694. The van der Waals surface area contributed by atoms with Crippen molar-refractivity contribution in [1.82, 2.24) is 4.31 Å². The number of aliphatic hydroxyl groups excluding tert-OH is 1. The van der Waals surface area contributed by atoms with Crippen molar-refractivity contribution in [2.75, 3.05) is 30.8 Å². The third-order valence-corrected chi connectivity index (χ3v) is 9.43. The number of sulfonamides is 1. The van der Waals surface area contributed by atoms with Crippen molar-refractivity contribution in [3.05, 3.63) is 41.8 Å². The number of thiophene rings is 1. The number of rotatable bonds is 7. The molecule has 1 aromatic heterocycles. The number of piperidine rings is 1. The Morgan fingerprint density at radius 1 is 1.11 bits per heavy atom. The lowest BCUT2D eigenvalue weighted by Gasteiger charge is -2.31. The highest BCUT2D eigenvalue weighted by Crippen LogP contribution is 2.26. The second-order valence-corrected chi connectivity index (χ2v) is 11.5. The molecule has 0 radical (unpaired) electrons. The molecule has 0 aliphatic carbocycles. The second kappa shape index (κ2) is 8.27. The van der Waals surface area contributed by atoms with E-state index in [1.165, 1.54) is 21.7 Å². The molecule has 0 saturated carbocycles. The van der Waals surface area contributed by atoms with Crippen molar-refractivity contribution < 1.29 is 21.9 Å². The molecule has 1 aliphatic rings. The van der Waals surface area contributed by atoms with Crippen LogP contribution in [-0.4, -0.2) is 57.7 Å². The van der Waals surface area contributed by atoms with Crippen LogP contribution in [0.15, 0.2) is 50.9 Å². The molecule has 1 aliphatic heterocycles. The van der Waals surface area contributed by atoms with E-state index in [9.17, 15) is 16.8 Å². The first-order valence-corrected chi connectivity index (χ1v) is 12.5. The van der Waals surface area contributed by atoms with Gasteiger partial charge in [-0.15, -0.1) is 11.3 Å². The Balaban J connectivity index is 1.63. The summed E-state index contributed by atoms with van der Waals surface area (Å²) in [6.45, 7) is 0.415. The van der Waals surface area contributed by atoms with E-state index in [1.54, 1.807) is 35.7 Å². The Kier molecular flexibility index (Phi) is 6.21. The van der Waals surface area contributed by atoms with Crippen LogP contribution < -0.4 is 5.32 Å². The Morgan fingerprint density at radius 3 is 2.48 bits per heavy atom. The Hall–Kier alpha value is -1.46. The molecule has 1 fully saturated rings. The molecule has 1 aromatic carbocycles. The molecule has 0 atom stereocenters. The first kappa shape index (κ1) is 20.3. The molecular weight excluding hydrogens is 408 g/mol. The minimum atomic E-state index is -3.50. The summed E-state index contributed by atoms with van der Waals surface area (Å²) in [6, 6.07) is 9.91. The van der Waals surface area contributed by atoms with Gasteiger partial charge in [-0.25, -0.2) is 16.8 Å². The SMILES string of the molecule is O=S(=O)(CCO)c1cccc(NC2CCN(S(=O)(=O)c3cccs3)CC2)c1. The maximum atomic E-state index is 12.6. The van der Waals surface area contributed by atoms with E-state index in [0.717, 1.165) is 0 Å². The maximum absolute atomic E-state index is 12.6. The van der Waals surface area contributed by atoms with Crippen molar-refractivity contribution in [2.45, 2.75) is 28.0 Å². The highest BCUT2D eigenvalue weighted by molar-refractivity contribution is 7.91. The number of sulfone groups is 1. The summed E-state index contributed by atoms with van der Waals surface area (Å²) >= 11 is 1.21. The zero-order valence-electron chi connectivity index (χ0n) is 14.6. The van der Waals surface area contributed by atoms with Crippen molar-refractivity contribution in [3.8, 4) is 0 Å². The zero-order chi connectivity index (χ0) is 19.5. The number of hydrogen-bond donors (Lipinski definition) is 2. The minimum Gasteiger partial charge on any atom is -0.395 e. The molecule has 2 N–H and O–H groups in total. The largest absolute Gasteiger partial charge is 0.395 e. The van der Waals surface area contributed by atoms with Crippen LogP contribution in [0, 0.1) is 0 Å². The smallest absolute Gasteiger partial charge is 0.252 e. The molecule has 2 heterocycles. The monoisotopic (exact) mass is 430 g/mol. The summed E-state index contributed by atoms with van der Waals surface area (Å²) in [5, 5.41) is 14.0. The van der Waals surface area contributed by atoms with Crippen LogP contribution >= 0.6 is 11.3 Å². The lowest BCUT2D eigenvalue weighted by molar-refractivity contribution is 0.319. The van der Waals surface area contributed by atoms with Crippen LogP contribution in [0.25, 0.3) is 0 Å². The number of benzene rings is 1. The van der Waals surface area contributed by atoms with Crippen LogP contribution in [-0.2, 0) is 19.9 Å². The maximum Gasteiger partial charge on any atom is 0.252 e. The van der Waals surface area contributed by atoms with Gasteiger partial charge in [0.25, 0.3) is 10.0 Å². The van der Waals surface area contributed by atoms with Crippen molar-refractivity contribution in [2.24, 2.45) is 0 Å². The number of aliphatic hydroxyl groups is 1. The number of hydrogen-bond acceptors (Lipinski definition) is 7. The lowest BCUT2D eigenvalue weighted by atomic mass is 10.1. The summed E-state index contributed by atoms with van der Waals surface area (Å²) in [5.74, 6) is -0.310. The zero-order valence-corrected chi connectivity index (χ0v) is 17.1. The van der Waals surface area contributed by atoms with Gasteiger partial charge in [-0.3, -0.25) is 0 Å². The van der Waals surface area contributed by atoms with E-state index in [1.807, 2.05) is 0 Å². The molecule has 1 saturated heterocycles. The second-order valence-electron chi connectivity index (χ2n) is 6.33. The third kappa shape index (κ3) is 4.69. The average Bonchev–Trinajstić information content (AvgIpc) is 3.18. The fourth-order valence-corrected chi connectivity index (χ4v) is 6.71. The van der Waals surface area contributed by atoms with E-state index in [-0.39, 0.29) is 16.7 Å². The highest BCUT2D eigenvalue weighted by Gasteiger charge is 2.30. The van der Waals surface area contributed by atoms with Crippen LogP contribution in [0.2, 0.25) is 0 Å². The Labute approximate surface area is 163 Å². The normalized spacial score (nSPS) is 17.1. The molecule has 2 aromatic rings. The molecule has 3 rings (SSSR count). The standard InChI is InChI=1S/C17H22N2O5S3/c20-10-12-26(21,22)16-4-1-3-15(13-16)18-14-6-8-19(9-7-14)27(23,24)17-5-2-11-25-17/h1-5,11,13-14,18,20H,6-10,12H2. The minimum absolute atomic E-state index is 0.0654. The van der Waals surface area contributed by atoms with E-state index < -0.39 is 26.5 Å². The lowest BCUT2D eigenvalue weighted by Crippen LogP contribution is -2.42. The van der Waals surface area contributed by atoms with Gasteiger partial charge in [-0.05, 0) is 42.5 Å². The van der Waals surface area contributed by atoms with Crippen LogP contribution in [0.5, 0.6) is 0 Å². The van der Waals surface area contributed by atoms with Crippen LogP contribution in [0.3, 0.4) is 0 Å². The first-order chi connectivity index (χ1) is 12.8. The van der Waals surface area contributed by atoms with Crippen LogP contribution in [0.1, 0.15) is 12.8 Å². The van der Waals surface area contributed by atoms with E-state index in [0.29, 0.717) is 35.8 Å². The van der Waals surface area contributed by atoms with Gasteiger partial charge < -0.3 is 10.4 Å². The van der Waals surface area contributed by atoms with E-state index in [2.05, 4.69) is 5.32 Å². The fraction of sp³-hybridized carbons (Fsp3) is 0.412.